The quantitative estimate of drug-likeness (QED) is 0.281. The normalized spacial score (nSPS) is 11.4. The topological polar surface area (TPSA) is 12.5 Å². The van der Waals surface area contributed by atoms with E-state index in [4.69, 9.17) is 4.74 Å². The molecule has 0 spiro atoms. The number of benzene rings is 5. The second-order valence-corrected chi connectivity index (χ2v) is 8.27. The van der Waals surface area contributed by atoms with Crippen molar-refractivity contribution in [1.82, 2.24) is 0 Å². The van der Waals surface area contributed by atoms with Crippen LogP contribution < -0.4 is 9.64 Å². The molecule has 5 aromatic carbocycles. The Morgan fingerprint density at radius 1 is 0.485 bits per heavy atom. The van der Waals surface area contributed by atoms with Crippen LogP contribution in [0.15, 0.2) is 121 Å². The van der Waals surface area contributed by atoms with Crippen LogP contribution >= 0.6 is 0 Å². The number of fused-ring (bicyclic) bond motifs is 5. The van der Waals surface area contributed by atoms with Crippen molar-refractivity contribution in [1.29, 1.82) is 0 Å². The second-order valence-electron chi connectivity index (χ2n) is 8.27. The molecule has 0 fully saturated rings. The Kier molecular flexibility index (Phi) is 4.70. The molecular formula is C31H23NO. The van der Waals surface area contributed by atoms with E-state index in [0.717, 1.165) is 28.3 Å². The largest absolute Gasteiger partial charge is 0.456 e. The van der Waals surface area contributed by atoms with Crippen LogP contribution in [0.5, 0.6) is 11.5 Å². The Bertz CT molecular complexity index is 1460. The lowest BCUT2D eigenvalue weighted by molar-refractivity contribution is 0.488. The molecule has 0 aromatic heterocycles. The lowest BCUT2D eigenvalue weighted by Gasteiger charge is -2.24. The summed E-state index contributed by atoms with van der Waals surface area (Å²) in [5.41, 5.74) is 9.31. The van der Waals surface area contributed by atoms with Gasteiger partial charge in [0.1, 0.15) is 11.5 Å². The van der Waals surface area contributed by atoms with E-state index < -0.39 is 0 Å². The highest BCUT2D eigenvalue weighted by atomic mass is 16.5. The number of hydrogen-bond donors (Lipinski definition) is 0. The van der Waals surface area contributed by atoms with Gasteiger partial charge in [-0.25, -0.2) is 0 Å². The lowest BCUT2D eigenvalue weighted by atomic mass is 9.93. The van der Waals surface area contributed by atoms with E-state index in [1.54, 1.807) is 0 Å². The molecule has 0 aliphatic carbocycles. The number of rotatable bonds is 3. The van der Waals surface area contributed by atoms with Gasteiger partial charge < -0.3 is 9.64 Å². The molecule has 0 atom stereocenters. The van der Waals surface area contributed by atoms with Crippen molar-refractivity contribution in [3.8, 4) is 44.9 Å². The first kappa shape index (κ1) is 19.4. The van der Waals surface area contributed by atoms with Gasteiger partial charge in [0.2, 0.25) is 0 Å². The van der Waals surface area contributed by atoms with Crippen LogP contribution in [0.4, 0.5) is 11.4 Å². The summed E-state index contributed by atoms with van der Waals surface area (Å²) in [4.78, 5) is 2.27. The van der Waals surface area contributed by atoms with Crippen LogP contribution in [-0.4, -0.2) is 7.05 Å². The highest BCUT2D eigenvalue weighted by Crippen LogP contribution is 2.48. The van der Waals surface area contributed by atoms with Crippen molar-refractivity contribution in [3.63, 3.8) is 0 Å². The monoisotopic (exact) mass is 425 g/mol. The van der Waals surface area contributed by atoms with E-state index in [1.807, 2.05) is 24.3 Å². The fourth-order valence-electron chi connectivity index (χ4n) is 4.64. The van der Waals surface area contributed by atoms with Gasteiger partial charge in [0.25, 0.3) is 0 Å². The van der Waals surface area contributed by atoms with Crippen molar-refractivity contribution < 1.29 is 4.74 Å². The summed E-state index contributed by atoms with van der Waals surface area (Å²) in [5.74, 6) is 1.77. The number of ether oxygens (including phenoxy) is 1. The van der Waals surface area contributed by atoms with Gasteiger partial charge >= 0.3 is 0 Å². The molecule has 158 valence electrons. The molecule has 1 aliphatic rings. The Labute approximate surface area is 194 Å². The fourth-order valence-corrected chi connectivity index (χ4v) is 4.64. The van der Waals surface area contributed by atoms with Crippen molar-refractivity contribution in [2.45, 2.75) is 0 Å². The Morgan fingerprint density at radius 3 is 1.79 bits per heavy atom. The predicted molar refractivity (Wildman–Crippen MR) is 137 cm³/mol. The first-order valence-electron chi connectivity index (χ1n) is 11.2. The van der Waals surface area contributed by atoms with E-state index >= 15 is 0 Å². The highest BCUT2D eigenvalue weighted by molar-refractivity contribution is 5.93. The summed E-state index contributed by atoms with van der Waals surface area (Å²) >= 11 is 0. The van der Waals surface area contributed by atoms with Crippen LogP contribution in [0.1, 0.15) is 0 Å². The molecule has 0 radical (unpaired) electrons. The first-order valence-corrected chi connectivity index (χ1v) is 11.2. The molecule has 0 bridgehead atoms. The minimum Gasteiger partial charge on any atom is -0.456 e. The maximum atomic E-state index is 6.33. The standard InChI is InChI=1S/C31H23NO/c1-32(29-16-8-5-13-24(29)22-11-3-2-4-12-22)23-19-20-25-26-14-6-9-17-30(26)33-31-18-10-7-15-27(31)28(25)21-23/h2-21H,1H3. The molecule has 5 aromatic rings. The van der Waals surface area contributed by atoms with Crippen molar-refractivity contribution >= 4 is 11.4 Å². The molecule has 0 amide bonds. The van der Waals surface area contributed by atoms with Gasteiger partial charge in [0.05, 0.1) is 0 Å². The fraction of sp³-hybridized carbons (Fsp3) is 0.0323. The van der Waals surface area contributed by atoms with Gasteiger partial charge in [-0.05, 0) is 47.0 Å². The van der Waals surface area contributed by atoms with E-state index in [1.165, 1.54) is 27.9 Å². The smallest absolute Gasteiger partial charge is 0.135 e. The maximum absolute atomic E-state index is 6.33. The van der Waals surface area contributed by atoms with Gasteiger partial charge in [0.15, 0.2) is 0 Å². The minimum atomic E-state index is 0.883. The van der Waals surface area contributed by atoms with Gasteiger partial charge in [-0.2, -0.15) is 0 Å². The zero-order valence-corrected chi connectivity index (χ0v) is 18.4. The lowest BCUT2D eigenvalue weighted by Crippen LogP contribution is -2.10. The summed E-state index contributed by atoms with van der Waals surface area (Å²) in [7, 11) is 2.14. The highest BCUT2D eigenvalue weighted by Gasteiger charge is 2.21. The van der Waals surface area contributed by atoms with Crippen LogP contribution in [0, 0.1) is 0 Å². The third kappa shape index (κ3) is 3.37. The molecule has 1 heterocycles. The number of anilines is 2. The second kappa shape index (κ2) is 7.99. The van der Waals surface area contributed by atoms with E-state index in [-0.39, 0.29) is 0 Å². The van der Waals surface area contributed by atoms with Crippen LogP contribution in [0.2, 0.25) is 0 Å². The third-order valence-corrected chi connectivity index (χ3v) is 6.32. The summed E-state index contributed by atoms with van der Waals surface area (Å²) in [6, 6.07) is 42.4. The summed E-state index contributed by atoms with van der Waals surface area (Å²) in [6.07, 6.45) is 0. The Balaban J connectivity index is 1.52. The summed E-state index contributed by atoms with van der Waals surface area (Å²) < 4.78 is 6.33. The average molecular weight is 426 g/mol. The molecule has 0 N–H and O–H groups in total. The van der Waals surface area contributed by atoms with Crippen LogP contribution in [-0.2, 0) is 0 Å². The van der Waals surface area contributed by atoms with Gasteiger partial charge in [0, 0.05) is 35.1 Å². The van der Waals surface area contributed by atoms with Gasteiger partial charge in [-0.15, -0.1) is 0 Å². The zero-order chi connectivity index (χ0) is 22.2. The van der Waals surface area contributed by atoms with E-state index in [2.05, 4.69) is 109 Å². The maximum Gasteiger partial charge on any atom is 0.135 e. The molecule has 33 heavy (non-hydrogen) atoms. The SMILES string of the molecule is CN(c1ccc2c(c1)-c1ccccc1Oc1ccccc1-2)c1ccccc1-c1ccccc1. The third-order valence-electron chi connectivity index (χ3n) is 6.32. The molecule has 2 heteroatoms. The number of para-hydroxylation sites is 3. The van der Waals surface area contributed by atoms with Gasteiger partial charge in [-0.1, -0.05) is 91.0 Å². The molecule has 0 saturated carbocycles. The number of nitrogens with zero attached hydrogens (tertiary/aromatic N) is 1. The Morgan fingerprint density at radius 2 is 1.06 bits per heavy atom. The molecule has 0 saturated heterocycles. The van der Waals surface area contributed by atoms with E-state index in [0.29, 0.717) is 0 Å². The molecular weight excluding hydrogens is 402 g/mol. The van der Waals surface area contributed by atoms with Crippen LogP contribution in [0.25, 0.3) is 33.4 Å². The molecule has 0 unspecified atom stereocenters. The minimum absolute atomic E-state index is 0.883. The van der Waals surface area contributed by atoms with Crippen LogP contribution in [0.3, 0.4) is 0 Å². The van der Waals surface area contributed by atoms with Crippen molar-refractivity contribution in [2.24, 2.45) is 0 Å². The predicted octanol–water partition coefficient (Wildman–Crippen LogP) is 8.56. The molecule has 1 aliphatic heterocycles. The molecule has 6 rings (SSSR count). The number of hydrogen-bond acceptors (Lipinski definition) is 2. The van der Waals surface area contributed by atoms with Crippen molar-refractivity contribution in [2.75, 3.05) is 11.9 Å². The summed E-state index contributed by atoms with van der Waals surface area (Å²) in [5, 5.41) is 0. The first-order chi connectivity index (χ1) is 16.3. The average Bonchev–Trinajstić information content (AvgIpc) is 3.03. The molecule has 2 nitrogen and oxygen atoms in total. The summed E-state index contributed by atoms with van der Waals surface area (Å²) in [6.45, 7) is 0. The zero-order valence-electron chi connectivity index (χ0n) is 18.4. The van der Waals surface area contributed by atoms with Crippen molar-refractivity contribution in [3.05, 3.63) is 121 Å². The van der Waals surface area contributed by atoms with Gasteiger partial charge in [-0.3, -0.25) is 0 Å². The van der Waals surface area contributed by atoms with E-state index in [9.17, 15) is 0 Å². The Hall–Kier alpha value is -4.30.